The zero-order valence-corrected chi connectivity index (χ0v) is 16.9. The van der Waals surface area contributed by atoms with Crippen LogP contribution in [0.3, 0.4) is 0 Å². The third kappa shape index (κ3) is 4.06. The molecule has 5 nitrogen and oxygen atoms in total. The molecule has 27 heavy (non-hydrogen) atoms. The van der Waals surface area contributed by atoms with E-state index in [0.717, 1.165) is 56.2 Å². The molecular weight excluding hydrogens is 360 g/mol. The van der Waals surface area contributed by atoms with Crippen molar-refractivity contribution in [3.05, 3.63) is 23.8 Å². The Kier molecular flexibility index (Phi) is 5.30. The van der Waals surface area contributed by atoms with Crippen molar-refractivity contribution in [3.8, 4) is 0 Å². The fourth-order valence-corrected chi connectivity index (χ4v) is 5.85. The van der Waals surface area contributed by atoms with Gasteiger partial charge in [-0.15, -0.1) is 0 Å². The highest BCUT2D eigenvalue weighted by Crippen LogP contribution is 2.39. The number of hydrogen-bond acceptors (Lipinski definition) is 3. The van der Waals surface area contributed by atoms with Crippen molar-refractivity contribution >= 4 is 21.6 Å². The van der Waals surface area contributed by atoms with E-state index in [1.165, 1.54) is 19.3 Å². The van der Waals surface area contributed by atoms with Crippen molar-refractivity contribution in [1.29, 1.82) is 0 Å². The average molecular weight is 391 g/mol. The van der Waals surface area contributed by atoms with E-state index in [-0.39, 0.29) is 23.9 Å². The van der Waals surface area contributed by atoms with Crippen molar-refractivity contribution in [3.63, 3.8) is 0 Å². The van der Waals surface area contributed by atoms with Gasteiger partial charge >= 0.3 is 0 Å². The third-order valence-corrected chi connectivity index (χ3v) is 7.69. The van der Waals surface area contributed by atoms with Crippen LogP contribution < -0.4 is 9.62 Å². The second-order valence-corrected chi connectivity index (χ2v) is 10.2. The average Bonchev–Trinajstić information content (AvgIpc) is 3.38. The molecule has 2 aliphatic carbocycles. The maximum Gasteiger partial charge on any atom is 0.240 e. The van der Waals surface area contributed by atoms with Crippen LogP contribution in [0, 0.1) is 5.92 Å². The number of carbonyl (C=O) groups is 1. The van der Waals surface area contributed by atoms with E-state index in [1.807, 2.05) is 17.9 Å². The molecule has 1 aliphatic heterocycles. The molecule has 0 saturated heterocycles. The molecule has 1 atom stereocenters. The number of fused-ring (bicyclic) bond motifs is 1. The topological polar surface area (TPSA) is 66.5 Å². The zero-order valence-electron chi connectivity index (χ0n) is 16.1. The van der Waals surface area contributed by atoms with Gasteiger partial charge in [0.2, 0.25) is 15.9 Å². The van der Waals surface area contributed by atoms with Gasteiger partial charge in [0.05, 0.1) is 4.90 Å². The molecule has 3 aliphatic rings. The minimum Gasteiger partial charge on any atom is -0.309 e. The SMILES string of the molecule is CC1Cc2cc(S(=O)(=O)NC3CCCCCCC3)ccc2N1C(=O)C1CC1. The van der Waals surface area contributed by atoms with E-state index in [1.54, 1.807) is 12.1 Å². The van der Waals surface area contributed by atoms with Crippen LogP contribution in [0.1, 0.15) is 70.3 Å². The molecule has 4 rings (SSSR count). The first-order chi connectivity index (χ1) is 13.0. The predicted molar refractivity (Wildman–Crippen MR) is 106 cm³/mol. The zero-order chi connectivity index (χ0) is 19.0. The van der Waals surface area contributed by atoms with Crippen LogP contribution in [-0.4, -0.2) is 26.4 Å². The van der Waals surface area contributed by atoms with Gasteiger partial charge in [-0.2, -0.15) is 0 Å². The van der Waals surface area contributed by atoms with Gasteiger partial charge in [0.25, 0.3) is 0 Å². The summed E-state index contributed by atoms with van der Waals surface area (Å²) in [5.41, 5.74) is 1.86. The number of rotatable bonds is 4. The Hall–Kier alpha value is -1.40. The smallest absolute Gasteiger partial charge is 0.240 e. The summed E-state index contributed by atoms with van der Waals surface area (Å²) in [5.74, 6) is 0.368. The number of hydrogen-bond donors (Lipinski definition) is 1. The van der Waals surface area contributed by atoms with Crippen LogP contribution in [0.15, 0.2) is 23.1 Å². The number of nitrogens with zero attached hydrogens (tertiary/aromatic N) is 1. The molecule has 6 heteroatoms. The third-order valence-electron chi connectivity index (χ3n) is 6.17. The van der Waals surface area contributed by atoms with E-state index in [9.17, 15) is 13.2 Å². The van der Waals surface area contributed by atoms with E-state index < -0.39 is 10.0 Å². The first-order valence-electron chi connectivity index (χ1n) is 10.4. The molecule has 1 unspecified atom stereocenters. The molecule has 0 aromatic heterocycles. The summed E-state index contributed by atoms with van der Waals surface area (Å²) in [6.45, 7) is 2.04. The Morgan fingerprint density at radius 1 is 1.04 bits per heavy atom. The normalized spacial score (nSPS) is 24.3. The standard InChI is InChI=1S/C21H30N2O3S/c1-15-13-17-14-19(11-12-20(17)23(15)21(24)16-9-10-16)27(25,26)22-18-7-5-3-2-4-6-8-18/h11-12,14-16,18,22H,2-10,13H2,1H3. The van der Waals surface area contributed by atoms with Gasteiger partial charge in [0.15, 0.2) is 0 Å². The lowest BCUT2D eigenvalue weighted by Crippen LogP contribution is -2.36. The predicted octanol–water partition coefficient (Wildman–Crippen LogP) is 3.77. The fourth-order valence-electron chi connectivity index (χ4n) is 4.50. The molecule has 0 spiro atoms. The summed E-state index contributed by atoms with van der Waals surface area (Å²) in [5, 5.41) is 0. The first-order valence-corrected chi connectivity index (χ1v) is 11.9. The van der Waals surface area contributed by atoms with Crippen LogP contribution in [0.2, 0.25) is 0 Å². The highest BCUT2D eigenvalue weighted by atomic mass is 32.2. The second kappa shape index (κ2) is 7.55. The molecule has 1 N–H and O–H groups in total. The highest BCUT2D eigenvalue weighted by Gasteiger charge is 2.39. The van der Waals surface area contributed by atoms with Crippen LogP contribution in [-0.2, 0) is 21.2 Å². The lowest BCUT2D eigenvalue weighted by molar-refractivity contribution is -0.120. The van der Waals surface area contributed by atoms with Crippen molar-refractivity contribution in [1.82, 2.24) is 4.72 Å². The minimum atomic E-state index is -3.52. The van der Waals surface area contributed by atoms with Crippen molar-refractivity contribution < 1.29 is 13.2 Å². The van der Waals surface area contributed by atoms with E-state index in [0.29, 0.717) is 4.90 Å². The summed E-state index contributed by atoms with van der Waals surface area (Å²) in [7, 11) is -3.52. The molecule has 1 aromatic carbocycles. The highest BCUT2D eigenvalue weighted by molar-refractivity contribution is 7.89. The summed E-state index contributed by atoms with van der Waals surface area (Å²) in [6, 6.07) is 5.40. The molecule has 0 bridgehead atoms. The van der Waals surface area contributed by atoms with Gasteiger partial charge in [-0.1, -0.05) is 32.1 Å². The second-order valence-electron chi connectivity index (χ2n) is 8.49. The number of sulfonamides is 1. The number of anilines is 1. The van der Waals surface area contributed by atoms with Crippen LogP contribution in [0.5, 0.6) is 0 Å². The molecule has 2 fully saturated rings. The van der Waals surface area contributed by atoms with Crippen LogP contribution >= 0.6 is 0 Å². The lowest BCUT2D eigenvalue weighted by atomic mass is 9.97. The largest absolute Gasteiger partial charge is 0.309 e. The summed E-state index contributed by atoms with van der Waals surface area (Å²) in [4.78, 5) is 14.8. The molecule has 1 heterocycles. The molecule has 1 amide bonds. The van der Waals surface area contributed by atoms with Gasteiger partial charge in [0.1, 0.15) is 0 Å². The van der Waals surface area contributed by atoms with E-state index >= 15 is 0 Å². The lowest BCUT2D eigenvalue weighted by Gasteiger charge is -2.23. The number of benzene rings is 1. The molecule has 148 valence electrons. The molecule has 2 saturated carbocycles. The Morgan fingerprint density at radius 2 is 1.70 bits per heavy atom. The van der Waals surface area contributed by atoms with Crippen molar-refractivity contribution in [2.75, 3.05) is 4.90 Å². The van der Waals surface area contributed by atoms with E-state index in [2.05, 4.69) is 4.72 Å². The summed E-state index contributed by atoms with van der Waals surface area (Å²) < 4.78 is 28.8. The summed E-state index contributed by atoms with van der Waals surface area (Å²) in [6.07, 6.45) is 10.4. The number of nitrogens with one attached hydrogen (secondary N) is 1. The molecule has 1 aromatic rings. The van der Waals surface area contributed by atoms with Crippen LogP contribution in [0.25, 0.3) is 0 Å². The van der Waals surface area contributed by atoms with Gasteiger partial charge in [0, 0.05) is 23.7 Å². The summed E-state index contributed by atoms with van der Waals surface area (Å²) >= 11 is 0. The van der Waals surface area contributed by atoms with Gasteiger partial charge in [-0.25, -0.2) is 13.1 Å². The van der Waals surface area contributed by atoms with Crippen molar-refractivity contribution in [2.45, 2.75) is 88.1 Å². The number of amides is 1. The Bertz CT molecular complexity index is 809. The van der Waals surface area contributed by atoms with Gasteiger partial charge < -0.3 is 4.90 Å². The monoisotopic (exact) mass is 390 g/mol. The van der Waals surface area contributed by atoms with Crippen molar-refractivity contribution in [2.24, 2.45) is 5.92 Å². The maximum atomic E-state index is 12.9. The molecule has 0 radical (unpaired) electrons. The fraction of sp³-hybridized carbons (Fsp3) is 0.667. The van der Waals surface area contributed by atoms with Gasteiger partial charge in [-0.3, -0.25) is 4.79 Å². The van der Waals surface area contributed by atoms with E-state index in [4.69, 9.17) is 0 Å². The first kappa shape index (κ1) is 18.9. The molecular formula is C21H30N2O3S. The maximum absolute atomic E-state index is 12.9. The number of carbonyl (C=O) groups excluding carboxylic acids is 1. The van der Waals surface area contributed by atoms with Gasteiger partial charge in [-0.05, 0) is 62.8 Å². The Morgan fingerprint density at radius 3 is 2.37 bits per heavy atom. The Balaban J connectivity index is 1.52. The minimum absolute atomic E-state index is 0.0374. The Labute approximate surface area is 162 Å². The quantitative estimate of drug-likeness (QED) is 0.851. The van der Waals surface area contributed by atoms with Crippen LogP contribution in [0.4, 0.5) is 5.69 Å².